The molecule has 18 heavy (non-hydrogen) atoms. The number of esters is 1. The fourth-order valence-corrected chi connectivity index (χ4v) is 1.86. The van der Waals surface area contributed by atoms with E-state index in [1.165, 1.54) is 0 Å². The third kappa shape index (κ3) is 5.71. The minimum atomic E-state index is -0.108. The van der Waals surface area contributed by atoms with Crippen LogP contribution in [0.3, 0.4) is 0 Å². The molecule has 0 amide bonds. The molecule has 0 saturated heterocycles. The van der Waals surface area contributed by atoms with Crippen LogP contribution in [0.2, 0.25) is 0 Å². The summed E-state index contributed by atoms with van der Waals surface area (Å²) in [6.45, 7) is 2.28. The van der Waals surface area contributed by atoms with Crippen LogP contribution < -0.4 is 0 Å². The summed E-state index contributed by atoms with van der Waals surface area (Å²) in [5.41, 5.74) is 0.918. The second-order valence-electron chi connectivity index (χ2n) is 4.34. The maximum atomic E-state index is 11.1. The monoisotopic (exact) mass is 250 g/mol. The van der Waals surface area contributed by atoms with Crippen molar-refractivity contribution >= 4 is 5.97 Å². The Morgan fingerprint density at radius 3 is 2.33 bits per heavy atom. The van der Waals surface area contributed by atoms with E-state index in [0.29, 0.717) is 25.2 Å². The van der Waals surface area contributed by atoms with Gasteiger partial charge in [0.15, 0.2) is 0 Å². The maximum absolute atomic E-state index is 11.1. The minimum absolute atomic E-state index is 0.108. The van der Waals surface area contributed by atoms with Gasteiger partial charge in [0, 0.05) is 18.4 Å². The smallest absolute Gasteiger partial charge is 0.305 e. The molecule has 0 saturated carbocycles. The molecule has 0 unspecified atom stereocenters. The minimum Gasteiger partial charge on any atom is -0.512 e. The first-order valence-corrected chi connectivity index (χ1v) is 6.66. The fraction of sp³-hybridized carbons (Fsp3) is 0.533. The van der Waals surface area contributed by atoms with Crippen molar-refractivity contribution in [2.24, 2.45) is 0 Å². The van der Waals surface area contributed by atoms with E-state index >= 15 is 0 Å². The Bertz CT molecular complexity index is 337. The van der Waals surface area contributed by atoms with Gasteiger partial charge in [-0.3, -0.25) is 4.79 Å². The van der Waals surface area contributed by atoms with E-state index in [9.17, 15) is 9.90 Å². The van der Waals surface area contributed by atoms with Gasteiger partial charge >= 0.3 is 5.97 Å². The lowest BCUT2D eigenvalue weighted by atomic mass is 10.1. The van der Waals surface area contributed by atoms with Gasteiger partial charge in [0.25, 0.3) is 0 Å². The first-order valence-electron chi connectivity index (χ1n) is 6.66. The summed E-state index contributed by atoms with van der Waals surface area (Å²) in [6.07, 6.45) is 12.8. The highest BCUT2D eigenvalue weighted by atomic mass is 16.5. The largest absolute Gasteiger partial charge is 0.512 e. The number of ether oxygens (including phenoxy) is 1. The molecule has 1 aliphatic rings. The van der Waals surface area contributed by atoms with Crippen LogP contribution in [-0.4, -0.2) is 17.7 Å². The molecule has 0 bridgehead atoms. The summed E-state index contributed by atoms with van der Waals surface area (Å²) in [5.74, 6) is 0.356. The van der Waals surface area contributed by atoms with Gasteiger partial charge in [-0.25, -0.2) is 0 Å². The maximum Gasteiger partial charge on any atom is 0.305 e. The van der Waals surface area contributed by atoms with Gasteiger partial charge in [-0.1, -0.05) is 37.1 Å². The number of carbonyl (C=O) groups is 1. The number of carbonyl (C=O) groups excluding carboxylic acids is 1. The van der Waals surface area contributed by atoms with Crippen LogP contribution >= 0.6 is 0 Å². The van der Waals surface area contributed by atoms with Crippen molar-refractivity contribution in [2.75, 3.05) is 6.61 Å². The molecule has 0 aromatic rings. The summed E-state index contributed by atoms with van der Waals surface area (Å²) in [5, 5.41) is 9.77. The highest BCUT2D eigenvalue weighted by molar-refractivity contribution is 5.69. The summed E-state index contributed by atoms with van der Waals surface area (Å²) < 4.78 is 4.85. The zero-order chi connectivity index (χ0) is 13.2. The van der Waals surface area contributed by atoms with E-state index in [1.54, 1.807) is 0 Å². The molecule has 100 valence electrons. The highest BCUT2D eigenvalue weighted by Gasteiger charge is 2.03. The second-order valence-corrected chi connectivity index (χ2v) is 4.34. The van der Waals surface area contributed by atoms with E-state index in [1.807, 2.05) is 31.2 Å². The third-order valence-electron chi connectivity index (χ3n) is 2.85. The third-order valence-corrected chi connectivity index (χ3v) is 2.85. The van der Waals surface area contributed by atoms with Gasteiger partial charge < -0.3 is 9.84 Å². The van der Waals surface area contributed by atoms with Crippen molar-refractivity contribution in [1.29, 1.82) is 0 Å². The lowest BCUT2D eigenvalue weighted by Gasteiger charge is -2.03. The molecule has 0 aliphatic heterocycles. The lowest BCUT2D eigenvalue weighted by Crippen LogP contribution is -2.03. The average Bonchev–Trinajstić information content (AvgIpc) is 2.87. The fourth-order valence-electron chi connectivity index (χ4n) is 1.86. The summed E-state index contributed by atoms with van der Waals surface area (Å²) in [7, 11) is 0. The Labute approximate surface area is 109 Å². The van der Waals surface area contributed by atoms with Crippen molar-refractivity contribution in [1.82, 2.24) is 0 Å². The van der Waals surface area contributed by atoms with Gasteiger partial charge in [0.2, 0.25) is 0 Å². The van der Waals surface area contributed by atoms with Crippen LogP contribution in [0.5, 0.6) is 0 Å². The van der Waals surface area contributed by atoms with Gasteiger partial charge in [0.05, 0.1) is 12.4 Å². The van der Waals surface area contributed by atoms with Gasteiger partial charge in [-0.2, -0.15) is 0 Å². The predicted octanol–water partition coefficient (Wildman–Crippen LogP) is 3.83. The molecule has 0 radical (unpaired) electrons. The Morgan fingerprint density at radius 2 is 1.72 bits per heavy atom. The molecule has 0 aromatic heterocycles. The SMILES string of the molecule is CCOC(=O)CCCCCCC(O)=C1C=CC=C1. The first kappa shape index (κ1) is 14.6. The summed E-state index contributed by atoms with van der Waals surface area (Å²) in [4.78, 5) is 11.1. The lowest BCUT2D eigenvalue weighted by molar-refractivity contribution is -0.143. The van der Waals surface area contributed by atoms with E-state index < -0.39 is 0 Å². The standard InChI is InChI=1S/C15H22O3/c1-2-18-15(17)12-6-4-3-5-11-14(16)13-9-7-8-10-13/h7-10,16H,2-6,11-12H2,1H3. The summed E-state index contributed by atoms with van der Waals surface area (Å²) in [6, 6.07) is 0. The first-order chi connectivity index (χ1) is 8.74. The van der Waals surface area contributed by atoms with Crippen LogP contribution in [-0.2, 0) is 9.53 Å². The molecule has 0 fully saturated rings. The van der Waals surface area contributed by atoms with E-state index in [-0.39, 0.29) is 5.97 Å². The molecular formula is C15H22O3. The molecule has 0 aromatic carbocycles. The molecule has 1 aliphatic carbocycles. The van der Waals surface area contributed by atoms with E-state index in [0.717, 1.165) is 31.3 Å². The number of hydrogen-bond donors (Lipinski definition) is 1. The summed E-state index contributed by atoms with van der Waals surface area (Å²) >= 11 is 0. The Kier molecular flexibility index (Phi) is 6.92. The van der Waals surface area contributed by atoms with E-state index in [4.69, 9.17) is 4.74 Å². The number of rotatable bonds is 8. The topological polar surface area (TPSA) is 46.5 Å². The van der Waals surface area contributed by atoms with Gasteiger partial charge in [0.1, 0.15) is 0 Å². The molecular weight excluding hydrogens is 228 g/mol. The van der Waals surface area contributed by atoms with E-state index in [2.05, 4.69) is 0 Å². The highest BCUT2D eigenvalue weighted by Crippen LogP contribution is 2.17. The predicted molar refractivity (Wildman–Crippen MR) is 72.3 cm³/mol. The van der Waals surface area contributed by atoms with Crippen molar-refractivity contribution in [2.45, 2.75) is 45.4 Å². The van der Waals surface area contributed by atoms with Gasteiger partial charge in [-0.05, 0) is 19.8 Å². The zero-order valence-corrected chi connectivity index (χ0v) is 11.0. The number of hydrogen-bond acceptors (Lipinski definition) is 3. The molecule has 1 N–H and O–H groups in total. The number of aliphatic hydroxyl groups excluding tert-OH is 1. The number of aliphatic hydroxyl groups is 1. The van der Waals surface area contributed by atoms with Crippen molar-refractivity contribution in [3.05, 3.63) is 35.6 Å². The molecule has 3 nitrogen and oxygen atoms in total. The van der Waals surface area contributed by atoms with Crippen molar-refractivity contribution < 1.29 is 14.6 Å². The Hall–Kier alpha value is -1.51. The van der Waals surface area contributed by atoms with Crippen LogP contribution in [0.15, 0.2) is 35.6 Å². The zero-order valence-electron chi connectivity index (χ0n) is 11.0. The van der Waals surface area contributed by atoms with Crippen LogP contribution in [0, 0.1) is 0 Å². The quantitative estimate of drug-likeness (QED) is 0.404. The van der Waals surface area contributed by atoms with Crippen LogP contribution in [0.4, 0.5) is 0 Å². The second kappa shape index (κ2) is 8.56. The molecule has 3 heteroatoms. The van der Waals surface area contributed by atoms with Gasteiger partial charge in [-0.15, -0.1) is 0 Å². The number of allylic oxidation sites excluding steroid dienone is 6. The Morgan fingerprint density at radius 1 is 1.11 bits per heavy atom. The van der Waals surface area contributed by atoms with Crippen LogP contribution in [0.25, 0.3) is 0 Å². The number of unbranched alkanes of at least 4 members (excludes halogenated alkanes) is 3. The van der Waals surface area contributed by atoms with Crippen molar-refractivity contribution in [3.8, 4) is 0 Å². The molecule has 0 spiro atoms. The normalized spacial score (nSPS) is 13.1. The molecule has 0 heterocycles. The molecule has 0 atom stereocenters. The Balaban J connectivity index is 2.02. The molecule has 1 rings (SSSR count). The van der Waals surface area contributed by atoms with Crippen molar-refractivity contribution in [3.63, 3.8) is 0 Å². The average molecular weight is 250 g/mol. The van der Waals surface area contributed by atoms with Crippen LogP contribution in [0.1, 0.15) is 45.4 Å².